The second-order valence-corrected chi connectivity index (χ2v) is 1.75. The predicted molar refractivity (Wildman–Crippen MR) is 36.7 cm³/mol. The number of nitrogens with one attached hydrogen (secondary N) is 1. The van der Waals surface area contributed by atoms with Gasteiger partial charge in [-0.3, -0.25) is 10.7 Å². The molecule has 0 saturated carbocycles. The Labute approximate surface area is 58.1 Å². The smallest absolute Gasteiger partial charge is 0.146 e. The van der Waals surface area contributed by atoms with Crippen molar-refractivity contribution in [3.63, 3.8) is 0 Å². The van der Waals surface area contributed by atoms with Crippen LogP contribution in [0.4, 0.5) is 5.69 Å². The number of anilines is 1. The van der Waals surface area contributed by atoms with E-state index in [0.29, 0.717) is 11.4 Å². The molecule has 0 unspecified atom stereocenters. The van der Waals surface area contributed by atoms with Gasteiger partial charge in [-0.05, 0) is 24.3 Å². The van der Waals surface area contributed by atoms with Crippen LogP contribution in [0.3, 0.4) is 0 Å². The molecule has 0 saturated heterocycles. The summed E-state index contributed by atoms with van der Waals surface area (Å²) in [6.07, 6.45) is 0. The molecule has 0 aliphatic carbocycles. The summed E-state index contributed by atoms with van der Waals surface area (Å²) < 4.78 is 0. The number of nitrogens with two attached hydrogens (primary N) is 1. The van der Waals surface area contributed by atoms with Crippen LogP contribution in [-0.4, -0.2) is 5.21 Å². The summed E-state index contributed by atoms with van der Waals surface area (Å²) >= 11 is 0. The van der Waals surface area contributed by atoms with Gasteiger partial charge in [-0.1, -0.05) is 0 Å². The van der Waals surface area contributed by atoms with Gasteiger partial charge in [0, 0.05) is 0 Å². The molecular formula is C6H8N2O2. The Morgan fingerprint density at radius 3 is 2.30 bits per heavy atom. The topological polar surface area (TPSA) is 67.5 Å². The molecule has 0 spiro atoms. The van der Waals surface area contributed by atoms with E-state index in [1.807, 2.05) is 5.48 Å². The lowest BCUT2D eigenvalue weighted by molar-refractivity contribution is 0.334. The fourth-order valence-corrected chi connectivity index (χ4v) is 0.608. The minimum atomic E-state index is 0.555. The highest BCUT2D eigenvalue weighted by Gasteiger charge is 1.90. The molecule has 1 rings (SSSR count). The van der Waals surface area contributed by atoms with Crippen molar-refractivity contribution in [3.8, 4) is 5.75 Å². The molecule has 0 aromatic heterocycles. The minimum Gasteiger partial charge on any atom is -0.412 e. The van der Waals surface area contributed by atoms with Crippen LogP contribution in [0.25, 0.3) is 0 Å². The molecule has 10 heavy (non-hydrogen) atoms. The first-order valence-corrected chi connectivity index (χ1v) is 2.73. The van der Waals surface area contributed by atoms with Crippen molar-refractivity contribution in [2.75, 3.05) is 5.48 Å². The van der Waals surface area contributed by atoms with Crippen LogP contribution < -0.4 is 16.2 Å². The summed E-state index contributed by atoms with van der Waals surface area (Å²) in [5, 5.41) is 8.38. The Kier molecular flexibility index (Phi) is 2.09. The van der Waals surface area contributed by atoms with Crippen LogP contribution in [0.2, 0.25) is 0 Å². The van der Waals surface area contributed by atoms with Crippen LogP contribution in [0.15, 0.2) is 24.3 Å². The Balaban J connectivity index is 2.80. The van der Waals surface area contributed by atoms with Gasteiger partial charge in [-0.15, -0.1) is 0 Å². The maximum absolute atomic E-state index is 8.38. The standard InChI is InChI=1S/C6H8N2O2/c7-10-6-3-1-5(8-9)2-4-6/h1-4,8-9H,7H2. The van der Waals surface area contributed by atoms with Crippen molar-refractivity contribution in [1.29, 1.82) is 0 Å². The highest BCUT2D eigenvalue weighted by atomic mass is 16.6. The van der Waals surface area contributed by atoms with Crippen molar-refractivity contribution in [2.24, 2.45) is 5.90 Å². The molecule has 1 aromatic carbocycles. The minimum absolute atomic E-state index is 0.555. The molecule has 4 N–H and O–H groups in total. The largest absolute Gasteiger partial charge is 0.412 e. The van der Waals surface area contributed by atoms with Crippen molar-refractivity contribution < 1.29 is 10.0 Å². The number of benzene rings is 1. The average Bonchev–Trinajstić information content (AvgIpc) is 2.05. The summed E-state index contributed by atoms with van der Waals surface area (Å²) in [7, 11) is 0. The van der Waals surface area contributed by atoms with E-state index < -0.39 is 0 Å². The van der Waals surface area contributed by atoms with E-state index in [-0.39, 0.29) is 0 Å². The van der Waals surface area contributed by atoms with Crippen LogP contribution >= 0.6 is 0 Å². The highest BCUT2D eigenvalue weighted by molar-refractivity contribution is 5.44. The Hall–Kier alpha value is -1.26. The van der Waals surface area contributed by atoms with Gasteiger partial charge in [0.2, 0.25) is 0 Å². The van der Waals surface area contributed by atoms with Crippen molar-refractivity contribution in [3.05, 3.63) is 24.3 Å². The molecule has 0 aliphatic rings. The quantitative estimate of drug-likeness (QED) is 0.530. The van der Waals surface area contributed by atoms with E-state index in [0.717, 1.165) is 0 Å². The molecule has 0 heterocycles. The maximum atomic E-state index is 8.38. The molecule has 1 aromatic rings. The molecule has 0 bridgehead atoms. The first-order valence-electron chi connectivity index (χ1n) is 2.73. The fourth-order valence-electron chi connectivity index (χ4n) is 0.608. The summed E-state index contributed by atoms with van der Waals surface area (Å²) in [6.45, 7) is 0. The van der Waals surface area contributed by atoms with E-state index in [9.17, 15) is 0 Å². The lowest BCUT2D eigenvalue weighted by atomic mass is 10.3. The van der Waals surface area contributed by atoms with E-state index in [2.05, 4.69) is 4.84 Å². The first-order chi connectivity index (χ1) is 4.86. The van der Waals surface area contributed by atoms with Gasteiger partial charge in [0.25, 0.3) is 0 Å². The van der Waals surface area contributed by atoms with E-state index in [1.165, 1.54) is 0 Å². The molecule has 0 aliphatic heterocycles. The molecule has 4 nitrogen and oxygen atoms in total. The second kappa shape index (κ2) is 3.05. The zero-order chi connectivity index (χ0) is 7.40. The van der Waals surface area contributed by atoms with Gasteiger partial charge in [0.1, 0.15) is 5.75 Å². The van der Waals surface area contributed by atoms with E-state index in [4.69, 9.17) is 11.1 Å². The second-order valence-electron chi connectivity index (χ2n) is 1.75. The van der Waals surface area contributed by atoms with Crippen LogP contribution in [0.1, 0.15) is 0 Å². The summed E-state index contributed by atoms with van der Waals surface area (Å²) in [4.78, 5) is 4.40. The molecule has 0 atom stereocenters. The van der Waals surface area contributed by atoms with Gasteiger partial charge in [0.05, 0.1) is 5.69 Å². The third-order valence-electron chi connectivity index (χ3n) is 1.12. The average molecular weight is 140 g/mol. The van der Waals surface area contributed by atoms with Crippen molar-refractivity contribution in [1.82, 2.24) is 0 Å². The van der Waals surface area contributed by atoms with Gasteiger partial charge >= 0.3 is 0 Å². The number of rotatable bonds is 2. The maximum Gasteiger partial charge on any atom is 0.146 e. The molecule has 0 fully saturated rings. The van der Waals surface area contributed by atoms with Gasteiger partial charge in [0.15, 0.2) is 0 Å². The number of hydrogen-bond acceptors (Lipinski definition) is 4. The predicted octanol–water partition coefficient (Wildman–Crippen LogP) is 0.740. The summed E-state index contributed by atoms with van der Waals surface area (Å²) in [5.41, 5.74) is 2.58. The van der Waals surface area contributed by atoms with Crippen molar-refractivity contribution in [2.45, 2.75) is 0 Å². The molecule has 4 heteroatoms. The Bertz CT molecular complexity index is 174. The zero-order valence-electron chi connectivity index (χ0n) is 5.24. The van der Waals surface area contributed by atoms with Crippen molar-refractivity contribution >= 4 is 5.69 Å². The van der Waals surface area contributed by atoms with Crippen LogP contribution in [0.5, 0.6) is 5.75 Å². The fraction of sp³-hybridized carbons (Fsp3) is 0. The lowest BCUT2D eigenvalue weighted by Crippen LogP contribution is -2.01. The lowest BCUT2D eigenvalue weighted by Gasteiger charge is -1.99. The third kappa shape index (κ3) is 1.37. The summed E-state index contributed by atoms with van der Waals surface area (Å²) in [6, 6.07) is 6.56. The number of hydrogen-bond donors (Lipinski definition) is 3. The van der Waals surface area contributed by atoms with Gasteiger partial charge in [-0.2, -0.15) is 5.90 Å². The van der Waals surface area contributed by atoms with Crippen LogP contribution in [0, 0.1) is 0 Å². The SMILES string of the molecule is NOc1ccc(NO)cc1. The molecular weight excluding hydrogens is 132 g/mol. The third-order valence-corrected chi connectivity index (χ3v) is 1.12. The van der Waals surface area contributed by atoms with E-state index >= 15 is 0 Å². The Morgan fingerprint density at radius 2 is 1.90 bits per heavy atom. The van der Waals surface area contributed by atoms with E-state index in [1.54, 1.807) is 24.3 Å². The Morgan fingerprint density at radius 1 is 1.30 bits per heavy atom. The molecule has 0 radical (unpaired) electrons. The van der Waals surface area contributed by atoms with Gasteiger partial charge < -0.3 is 4.84 Å². The highest BCUT2D eigenvalue weighted by Crippen LogP contribution is 2.12. The van der Waals surface area contributed by atoms with Gasteiger partial charge in [-0.25, -0.2) is 0 Å². The van der Waals surface area contributed by atoms with Crippen LogP contribution in [-0.2, 0) is 0 Å². The normalized spacial score (nSPS) is 9.00. The molecule has 0 amide bonds. The summed E-state index contributed by atoms with van der Waals surface area (Å²) in [5.74, 6) is 5.41. The monoisotopic (exact) mass is 140 g/mol. The molecule has 54 valence electrons. The zero-order valence-corrected chi connectivity index (χ0v) is 5.24. The first kappa shape index (κ1) is 6.85.